The summed E-state index contributed by atoms with van der Waals surface area (Å²) >= 11 is 0. The van der Waals surface area contributed by atoms with E-state index in [4.69, 9.17) is 10.00 Å². The minimum Gasteiger partial charge on any atom is -0.478 e. The van der Waals surface area contributed by atoms with Crippen LogP contribution in [0.1, 0.15) is 22.8 Å². The van der Waals surface area contributed by atoms with Crippen LogP contribution in [0.2, 0.25) is 0 Å². The van der Waals surface area contributed by atoms with Gasteiger partial charge in [-0.25, -0.2) is 5.43 Å². The van der Waals surface area contributed by atoms with Crippen LogP contribution in [0.3, 0.4) is 0 Å². The maximum absolute atomic E-state index is 12.4. The molecule has 0 bridgehead atoms. The molecule has 2 N–H and O–H groups in total. The number of amides is 2. The van der Waals surface area contributed by atoms with E-state index in [9.17, 15) is 9.59 Å². The smallest absolute Gasteiger partial charge is 0.271 e. The fourth-order valence-corrected chi connectivity index (χ4v) is 2.81. The van der Waals surface area contributed by atoms with Crippen LogP contribution in [0.4, 0.5) is 5.69 Å². The molecule has 7 heteroatoms. The van der Waals surface area contributed by atoms with Crippen molar-refractivity contribution in [3.05, 3.63) is 71.8 Å². The molecule has 0 saturated carbocycles. The number of carbonyl (C=O) groups is 2. The summed E-state index contributed by atoms with van der Waals surface area (Å²) in [6.45, 7) is 1.30. The molecule has 0 radical (unpaired) electrons. The number of hydrogen-bond donors (Lipinski definition) is 2. The van der Waals surface area contributed by atoms with E-state index in [-0.39, 0.29) is 12.5 Å². The molecule has 0 spiro atoms. The highest BCUT2D eigenvalue weighted by atomic mass is 16.5. The van der Waals surface area contributed by atoms with Gasteiger partial charge in [0.1, 0.15) is 11.8 Å². The van der Waals surface area contributed by atoms with Gasteiger partial charge < -0.3 is 10.1 Å². The molecule has 0 aliphatic heterocycles. The molecule has 0 aliphatic carbocycles. The van der Waals surface area contributed by atoms with Gasteiger partial charge in [-0.2, -0.15) is 10.4 Å². The van der Waals surface area contributed by atoms with E-state index in [1.54, 1.807) is 30.3 Å². The predicted octanol–water partition coefficient (Wildman–Crippen LogP) is 3.46. The number of fused-ring (bicyclic) bond motifs is 1. The second-order valence-corrected chi connectivity index (χ2v) is 6.11. The first-order chi connectivity index (χ1) is 14.1. The van der Waals surface area contributed by atoms with Crippen LogP contribution in [0.25, 0.3) is 10.8 Å². The molecule has 3 aromatic carbocycles. The molecular weight excluding hydrogens is 368 g/mol. The predicted molar refractivity (Wildman–Crippen MR) is 111 cm³/mol. The number of nitrogens with zero attached hydrogens (tertiary/aromatic N) is 2. The maximum Gasteiger partial charge on any atom is 0.271 e. The number of hydrazone groups is 1. The summed E-state index contributed by atoms with van der Waals surface area (Å²) in [4.78, 5) is 23.6. The normalized spacial score (nSPS) is 10.5. The van der Waals surface area contributed by atoms with Gasteiger partial charge in [0, 0.05) is 23.7 Å². The van der Waals surface area contributed by atoms with Crippen molar-refractivity contribution in [2.45, 2.75) is 6.92 Å². The van der Waals surface area contributed by atoms with E-state index >= 15 is 0 Å². The summed E-state index contributed by atoms with van der Waals surface area (Å²) in [5.74, 6) is -0.148. The molecule has 0 saturated heterocycles. The number of anilines is 1. The van der Waals surface area contributed by atoms with E-state index in [2.05, 4.69) is 15.8 Å². The zero-order chi connectivity index (χ0) is 20.6. The van der Waals surface area contributed by atoms with Crippen molar-refractivity contribution in [2.24, 2.45) is 5.10 Å². The summed E-state index contributed by atoms with van der Waals surface area (Å²) in [5.41, 5.74) is 4.01. The van der Waals surface area contributed by atoms with Crippen molar-refractivity contribution in [1.82, 2.24) is 5.43 Å². The Morgan fingerprint density at radius 3 is 2.76 bits per heavy atom. The fraction of sp³-hybridized carbons (Fsp3) is 0.0909. The molecule has 144 valence electrons. The highest BCUT2D eigenvalue weighted by Crippen LogP contribution is 2.26. The van der Waals surface area contributed by atoms with E-state index in [1.165, 1.54) is 13.1 Å². The lowest BCUT2D eigenvalue weighted by atomic mass is 10.0. The van der Waals surface area contributed by atoms with E-state index in [0.29, 0.717) is 22.6 Å². The van der Waals surface area contributed by atoms with Gasteiger partial charge >= 0.3 is 0 Å². The average molecular weight is 386 g/mol. The van der Waals surface area contributed by atoms with Gasteiger partial charge in [0.25, 0.3) is 5.91 Å². The Hall–Kier alpha value is -4.18. The molecule has 3 rings (SSSR count). The Bertz CT molecular complexity index is 1130. The number of carbonyl (C=O) groups excluding carboxylic acids is 2. The lowest BCUT2D eigenvalue weighted by Gasteiger charge is -2.09. The molecule has 29 heavy (non-hydrogen) atoms. The highest BCUT2D eigenvalue weighted by Gasteiger charge is 2.09. The van der Waals surface area contributed by atoms with Crippen LogP contribution >= 0.6 is 0 Å². The molecule has 0 aliphatic rings. The molecule has 0 heterocycles. The molecule has 0 atom stereocenters. The summed E-state index contributed by atoms with van der Waals surface area (Å²) in [5, 5.41) is 17.3. The third-order valence-corrected chi connectivity index (χ3v) is 4.03. The van der Waals surface area contributed by atoms with Gasteiger partial charge in [-0.15, -0.1) is 0 Å². The number of hydrogen-bond acceptors (Lipinski definition) is 5. The number of ether oxygens (including phenoxy) is 1. The first kappa shape index (κ1) is 19.6. The summed E-state index contributed by atoms with van der Waals surface area (Å²) in [7, 11) is 0. The minimum absolute atomic E-state index is 0.0958. The van der Waals surface area contributed by atoms with Crippen LogP contribution in [-0.4, -0.2) is 24.6 Å². The van der Waals surface area contributed by atoms with Gasteiger partial charge in [0.15, 0.2) is 6.61 Å². The monoisotopic (exact) mass is 386 g/mol. The molecule has 2 amide bonds. The van der Waals surface area contributed by atoms with Crippen molar-refractivity contribution in [1.29, 1.82) is 5.26 Å². The van der Waals surface area contributed by atoms with Gasteiger partial charge in [0.2, 0.25) is 5.91 Å². The largest absolute Gasteiger partial charge is 0.478 e. The van der Waals surface area contributed by atoms with Crippen LogP contribution in [0, 0.1) is 11.3 Å². The van der Waals surface area contributed by atoms with Crippen LogP contribution in [0.15, 0.2) is 65.8 Å². The minimum atomic E-state index is -0.423. The van der Waals surface area contributed by atoms with Gasteiger partial charge in [-0.1, -0.05) is 36.4 Å². The van der Waals surface area contributed by atoms with Gasteiger partial charge in [0.05, 0.1) is 6.21 Å². The summed E-state index contributed by atoms with van der Waals surface area (Å²) in [6.07, 6.45) is 1.49. The second-order valence-electron chi connectivity index (χ2n) is 6.11. The van der Waals surface area contributed by atoms with Crippen molar-refractivity contribution in [2.75, 3.05) is 11.9 Å². The number of nitriles is 1. The van der Waals surface area contributed by atoms with E-state index in [1.807, 2.05) is 36.4 Å². The Morgan fingerprint density at radius 2 is 1.97 bits per heavy atom. The molecule has 0 unspecified atom stereocenters. The zero-order valence-corrected chi connectivity index (χ0v) is 15.7. The molecule has 3 aromatic rings. The lowest BCUT2D eigenvalue weighted by Crippen LogP contribution is -2.18. The van der Waals surface area contributed by atoms with Crippen LogP contribution in [0.5, 0.6) is 5.75 Å². The topological polar surface area (TPSA) is 104 Å². The second kappa shape index (κ2) is 9.15. The van der Waals surface area contributed by atoms with Crippen molar-refractivity contribution >= 4 is 34.5 Å². The number of nitrogens with one attached hydrogen (secondary N) is 2. The standard InChI is InChI=1S/C22H18N4O3/c1-15(27)25-18-7-4-6-17(13-18)22(28)26-24-14-20-19-8-3-2-5-16(19)9-10-21(20)29-12-11-23/h2-10,13-14H,12H2,1H3,(H,25,27)(H,26,28). The maximum atomic E-state index is 12.4. The Kier molecular flexibility index (Phi) is 6.18. The SMILES string of the molecule is CC(=O)Nc1cccc(C(=O)NN=Cc2c(OCC#N)ccc3ccccc23)c1. The first-order valence-electron chi connectivity index (χ1n) is 8.81. The Labute approximate surface area is 167 Å². The van der Waals surface area contributed by atoms with E-state index in [0.717, 1.165) is 10.8 Å². The summed E-state index contributed by atoms with van der Waals surface area (Å²) in [6, 6.07) is 19.8. The quantitative estimate of drug-likeness (QED) is 0.500. The molecule has 7 nitrogen and oxygen atoms in total. The third kappa shape index (κ3) is 4.96. The van der Waals surface area contributed by atoms with Crippen molar-refractivity contribution < 1.29 is 14.3 Å². The Morgan fingerprint density at radius 1 is 1.14 bits per heavy atom. The third-order valence-electron chi connectivity index (χ3n) is 4.03. The Balaban J connectivity index is 1.82. The van der Waals surface area contributed by atoms with Crippen molar-refractivity contribution in [3.63, 3.8) is 0 Å². The number of rotatable bonds is 6. The fourth-order valence-electron chi connectivity index (χ4n) is 2.81. The average Bonchev–Trinajstić information content (AvgIpc) is 2.72. The molecular formula is C22H18N4O3. The molecule has 0 fully saturated rings. The summed E-state index contributed by atoms with van der Waals surface area (Å²) < 4.78 is 5.48. The number of benzene rings is 3. The highest BCUT2D eigenvalue weighted by molar-refractivity contribution is 6.03. The van der Waals surface area contributed by atoms with Crippen LogP contribution < -0.4 is 15.5 Å². The van der Waals surface area contributed by atoms with Crippen LogP contribution in [-0.2, 0) is 4.79 Å². The van der Waals surface area contributed by atoms with E-state index < -0.39 is 5.91 Å². The molecule has 0 aromatic heterocycles. The van der Waals surface area contributed by atoms with Gasteiger partial charge in [-0.3, -0.25) is 9.59 Å². The van der Waals surface area contributed by atoms with Gasteiger partial charge in [-0.05, 0) is 35.0 Å². The first-order valence-corrected chi connectivity index (χ1v) is 8.81. The van der Waals surface area contributed by atoms with Crippen molar-refractivity contribution in [3.8, 4) is 11.8 Å². The zero-order valence-electron chi connectivity index (χ0n) is 15.7. The lowest BCUT2D eigenvalue weighted by molar-refractivity contribution is -0.114.